The van der Waals surface area contributed by atoms with Crippen molar-refractivity contribution in [3.05, 3.63) is 57.2 Å². The van der Waals surface area contributed by atoms with E-state index in [1.807, 2.05) is 6.92 Å². The average molecular weight is 248 g/mol. The molecule has 4 nitrogen and oxygen atoms in total. The first-order chi connectivity index (χ1) is 8.08. The standard InChI is InChI=1S/C12H8ClN2O2/c1-8-2-4-10(15(16)17)6-11(8)12-5-3-9(13)7-14-12/h2-3,5-7H,1H3. The molecule has 1 heterocycles. The molecule has 0 aliphatic rings. The van der Waals surface area contributed by atoms with Crippen molar-refractivity contribution in [2.24, 2.45) is 0 Å². The van der Waals surface area contributed by atoms with E-state index in [0.29, 0.717) is 16.3 Å². The number of benzene rings is 1. The summed E-state index contributed by atoms with van der Waals surface area (Å²) in [5.74, 6) is 0. The predicted molar refractivity (Wildman–Crippen MR) is 64.9 cm³/mol. The molecule has 0 saturated heterocycles. The highest BCUT2D eigenvalue weighted by atomic mass is 35.5. The van der Waals surface area contributed by atoms with Crippen LogP contribution in [0, 0.1) is 23.1 Å². The van der Waals surface area contributed by atoms with Crippen molar-refractivity contribution in [2.45, 2.75) is 6.92 Å². The highest BCUT2D eigenvalue weighted by molar-refractivity contribution is 6.30. The lowest BCUT2D eigenvalue weighted by Gasteiger charge is -2.04. The Balaban J connectivity index is 2.54. The zero-order valence-electron chi connectivity index (χ0n) is 8.98. The number of nitro benzene ring substituents is 1. The second-order valence-corrected chi connectivity index (χ2v) is 3.97. The van der Waals surface area contributed by atoms with Gasteiger partial charge in [-0.1, -0.05) is 11.6 Å². The number of aromatic nitrogens is 1. The first kappa shape index (κ1) is 11.5. The van der Waals surface area contributed by atoms with E-state index in [4.69, 9.17) is 11.6 Å². The van der Waals surface area contributed by atoms with Crippen LogP contribution in [0.25, 0.3) is 11.3 Å². The van der Waals surface area contributed by atoms with Gasteiger partial charge in [0.1, 0.15) is 0 Å². The zero-order valence-corrected chi connectivity index (χ0v) is 9.73. The first-order valence-electron chi connectivity index (χ1n) is 4.86. The first-order valence-corrected chi connectivity index (χ1v) is 5.24. The van der Waals surface area contributed by atoms with E-state index in [9.17, 15) is 10.1 Å². The van der Waals surface area contributed by atoms with E-state index in [2.05, 4.69) is 11.1 Å². The number of hydrogen-bond donors (Lipinski definition) is 0. The van der Waals surface area contributed by atoms with E-state index < -0.39 is 4.92 Å². The molecule has 5 heteroatoms. The Morgan fingerprint density at radius 1 is 1.47 bits per heavy atom. The summed E-state index contributed by atoms with van der Waals surface area (Å²) in [5.41, 5.74) is 2.18. The quantitative estimate of drug-likeness (QED) is 0.604. The maximum absolute atomic E-state index is 10.7. The largest absolute Gasteiger partial charge is 0.278 e. The van der Waals surface area contributed by atoms with Crippen LogP contribution in [-0.2, 0) is 0 Å². The minimum absolute atomic E-state index is 0.0673. The Bertz CT molecular complexity index is 567. The van der Waals surface area contributed by atoms with Crippen LogP contribution < -0.4 is 0 Å². The molecule has 0 spiro atoms. The summed E-state index contributed by atoms with van der Waals surface area (Å²) in [5, 5.41) is 11.2. The summed E-state index contributed by atoms with van der Waals surface area (Å²) < 4.78 is 0. The van der Waals surface area contributed by atoms with E-state index in [1.165, 1.54) is 12.3 Å². The van der Waals surface area contributed by atoms with Crippen molar-refractivity contribution < 1.29 is 4.92 Å². The Morgan fingerprint density at radius 2 is 2.24 bits per heavy atom. The number of pyridine rings is 1. The maximum Gasteiger partial charge on any atom is 0.278 e. The third-order valence-electron chi connectivity index (χ3n) is 2.34. The number of rotatable bonds is 2. The van der Waals surface area contributed by atoms with Crippen LogP contribution in [0.4, 0.5) is 5.69 Å². The molecule has 0 fully saturated rings. The van der Waals surface area contributed by atoms with Gasteiger partial charge in [0.15, 0.2) is 0 Å². The Morgan fingerprint density at radius 3 is 2.82 bits per heavy atom. The summed E-state index contributed by atoms with van der Waals surface area (Å²) in [7, 11) is 0. The van der Waals surface area contributed by atoms with Gasteiger partial charge in [0.25, 0.3) is 5.69 Å². The van der Waals surface area contributed by atoms with E-state index in [0.717, 1.165) is 5.56 Å². The summed E-state index contributed by atoms with van der Waals surface area (Å²) in [6.07, 6.45) is 1.51. The molecular weight excluding hydrogens is 240 g/mol. The molecule has 2 rings (SSSR count). The summed E-state index contributed by atoms with van der Waals surface area (Å²) in [6, 6.07) is 9.09. The number of halogens is 1. The fraction of sp³-hybridized carbons (Fsp3) is 0.0833. The number of non-ortho nitro benzene ring substituents is 1. The van der Waals surface area contributed by atoms with Gasteiger partial charge in [-0.15, -0.1) is 0 Å². The van der Waals surface area contributed by atoms with Crippen molar-refractivity contribution >= 4 is 17.3 Å². The molecule has 1 radical (unpaired) electrons. The van der Waals surface area contributed by atoms with Gasteiger partial charge in [-0.3, -0.25) is 15.1 Å². The number of hydrogen-bond acceptors (Lipinski definition) is 3. The van der Waals surface area contributed by atoms with Gasteiger partial charge < -0.3 is 0 Å². The van der Waals surface area contributed by atoms with Crippen LogP contribution in [-0.4, -0.2) is 9.91 Å². The minimum atomic E-state index is -0.473. The second kappa shape index (κ2) is 4.51. The van der Waals surface area contributed by atoms with Crippen LogP contribution in [0.3, 0.4) is 0 Å². The van der Waals surface area contributed by atoms with Crippen molar-refractivity contribution in [1.82, 2.24) is 4.98 Å². The normalized spacial score (nSPS) is 10.2. The van der Waals surface area contributed by atoms with Gasteiger partial charge in [-0.25, -0.2) is 0 Å². The molecule has 0 N–H and O–H groups in total. The molecule has 0 aliphatic heterocycles. The number of aryl methyl sites for hydroxylation is 1. The molecular formula is C12H8ClN2O2. The lowest BCUT2D eigenvalue weighted by molar-refractivity contribution is -0.385. The van der Waals surface area contributed by atoms with Gasteiger partial charge in [0, 0.05) is 17.8 Å². The van der Waals surface area contributed by atoms with E-state index in [-0.39, 0.29) is 5.69 Å². The zero-order chi connectivity index (χ0) is 12.4. The molecule has 0 unspecified atom stereocenters. The van der Waals surface area contributed by atoms with Crippen LogP contribution in [0.2, 0.25) is 5.02 Å². The molecule has 0 amide bonds. The monoisotopic (exact) mass is 247 g/mol. The maximum atomic E-state index is 10.7. The summed E-state index contributed by atoms with van der Waals surface area (Å²) >= 11 is 5.74. The predicted octanol–water partition coefficient (Wildman–Crippen LogP) is 3.42. The van der Waals surface area contributed by atoms with Crippen LogP contribution in [0.15, 0.2) is 30.5 Å². The van der Waals surface area contributed by atoms with Gasteiger partial charge in [0.05, 0.1) is 21.7 Å². The molecule has 85 valence electrons. The Labute approximate surface area is 103 Å². The van der Waals surface area contributed by atoms with Crippen molar-refractivity contribution in [2.75, 3.05) is 0 Å². The molecule has 0 saturated carbocycles. The van der Waals surface area contributed by atoms with Gasteiger partial charge >= 0.3 is 0 Å². The molecule has 0 atom stereocenters. The number of nitro groups is 1. The molecule has 1 aromatic carbocycles. The van der Waals surface area contributed by atoms with Crippen LogP contribution >= 0.6 is 11.6 Å². The van der Waals surface area contributed by atoms with Crippen molar-refractivity contribution in [3.8, 4) is 11.3 Å². The fourth-order valence-corrected chi connectivity index (χ4v) is 1.58. The Hall–Kier alpha value is -1.94. The Kier molecular flexibility index (Phi) is 3.06. The van der Waals surface area contributed by atoms with Crippen LogP contribution in [0.1, 0.15) is 5.56 Å². The molecule has 0 bridgehead atoms. The summed E-state index contributed by atoms with van der Waals surface area (Å²) in [6.45, 7) is 1.85. The molecule has 0 aliphatic carbocycles. The van der Waals surface area contributed by atoms with Crippen molar-refractivity contribution in [1.29, 1.82) is 0 Å². The highest BCUT2D eigenvalue weighted by Gasteiger charge is 2.11. The smallest absolute Gasteiger partial charge is 0.258 e. The second-order valence-electron chi connectivity index (χ2n) is 3.53. The topological polar surface area (TPSA) is 56.0 Å². The van der Waals surface area contributed by atoms with Gasteiger partial charge in [0.2, 0.25) is 0 Å². The average Bonchev–Trinajstić information content (AvgIpc) is 2.31. The third-order valence-corrected chi connectivity index (χ3v) is 2.57. The molecule has 2 aromatic rings. The minimum Gasteiger partial charge on any atom is -0.258 e. The van der Waals surface area contributed by atoms with E-state index in [1.54, 1.807) is 18.2 Å². The van der Waals surface area contributed by atoms with Gasteiger partial charge in [-0.2, -0.15) is 0 Å². The fourth-order valence-electron chi connectivity index (χ4n) is 1.47. The lowest BCUT2D eigenvalue weighted by atomic mass is 10.0. The highest BCUT2D eigenvalue weighted by Crippen LogP contribution is 2.26. The van der Waals surface area contributed by atoms with Crippen LogP contribution in [0.5, 0.6) is 0 Å². The third kappa shape index (κ3) is 2.42. The molecule has 17 heavy (non-hydrogen) atoms. The van der Waals surface area contributed by atoms with Gasteiger partial charge in [-0.05, 0) is 30.7 Å². The number of nitrogens with zero attached hydrogens (tertiary/aromatic N) is 2. The van der Waals surface area contributed by atoms with Crippen molar-refractivity contribution in [3.63, 3.8) is 0 Å². The summed E-state index contributed by atoms with van der Waals surface area (Å²) in [4.78, 5) is 14.4. The molecule has 1 aromatic heterocycles. The SMILES string of the molecule is Cc1c[c]c([N+](=O)[O-])cc1-c1ccc(Cl)cn1. The van der Waals surface area contributed by atoms with E-state index >= 15 is 0 Å². The lowest BCUT2D eigenvalue weighted by Crippen LogP contribution is -1.92.